The predicted octanol–water partition coefficient (Wildman–Crippen LogP) is 1.61. The molecule has 2 heterocycles. The van der Waals surface area contributed by atoms with Crippen molar-refractivity contribution in [1.82, 2.24) is 9.97 Å². The summed E-state index contributed by atoms with van der Waals surface area (Å²) in [5.41, 5.74) is 0.999. The second-order valence-corrected chi connectivity index (χ2v) is 4.14. The molecule has 1 unspecified atom stereocenters. The van der Waals surface area contributed by atoms with Crippen LogP contribution in [0.1, 0.15) is 19.0 Å². The lowest BCUT2D eigenvalue weighted by Crippen LogP contribution is -1.97. The molecule has 1 N–H and O–H groups in total. The Hall–Kier alpha value is -0.770. The molecule has 1 aromatic rings. The third kappa shape index (κ3) is 1.16. The topological polar surface area (TPSA) is 46.0 Å². The summed E-state index contributed by atoms with van der Waals surface area (Å²) in [7, 11) is 0. The predicted molar refractivity (Wildman–Crippen MR) is 47.3 cm³/mol. The van der Waals surface area contributed by atoms with Crippen LogP contribution >= 0.6 is 11.8 Å². The Morgan fingerprint density at radius 2 is 2.50 bits per heavy atom. The van der Waals surface area contributed by atoms with E-state index in [9.17, 15) is 5.11 Å². The van der Waals surface area contributed by atoms with Gasteiger partial charge in [0.2, 0.25) is 5.88 Å². The molecule has 4 heteroatoms. The molecule has 12 heavy (non-hydrogen) atoms. The second-order valence-electron chi connectivity index (χ2n) is 2.83. The molecule has 0 radical (unpaired) electrons. The van der Waals surface area contributed by atoms with Crippen LogP contribution in [0, 0.1) is 0 Å². The van der Waals surface area contributed by atoms with Gasteiger partial charge in [0.15, 0.2) is 0 Å². The van der Waals surface area contributed by atoms with Crippen LogP contribution in [0.25, 0.3) is 0 Å². The van der Waals surface area contributed by atoms with Crippen LogP contribution in [0.3, 0.4) is 0 Å². The van der Waals surface area contributed by atoms with Crippen molar-refractivity contribution in [3.05, 3.63) is 12.0 Å². The van der Waals surface area contributed by atoms with E-state index in [2.05, 4.69) is 16.9 Å². The Bertz CT molecular complexity index is 303. The molecule has 0 saturated heterocycles. The minimum absolute atomic E-state index is 0.140. The Balaban J connectivity index is 2.35. The summed E-state index contributed by atoms with van der Waals surface area (Å²) in [6.45, 7) is 2.15. The van der Waals surface area contributed by atoms with Crippen LogP contribution in [0.5, 0.6) is 5.88 Å². The van der Waals surface area contributed by atoms with Gasteiger partial charge in [0, 0.05) is 11.7 Å². The number of hydrogen-bond donors (Lipinski definition) is 1. The van der Waals surface area contributed by atoms with Gasteiger partial charge in [-0.2, -0.15) is 0 Å². The number of hydrogen-bond acceptors (Lipinski definition) is 4. The molecule has 0 aromatic carbocycles. The number of aromatic nitrogens is 2. The molecule has 1 atom stereocenters. The van der Waals surface area contributed by atoms with Gasteiger partial charge >= 0.3 is 0 Å². The van der Waals surface area contributed by atoms with E-state index in [0.29, 0.717) is 5.25 Å². The number of nitrogens with zero attached hydrogens (tertiary/aromatic N) is 2. The maximum absolute atomic E-state index is 9.37. The molecule has 0 spiro atoms. The second kappa shape index (κ2) is 2.94. The quantitative estimate of drug-likeness (QED) is 0.716. The van der Waals surface area contributed by atoms with Gasteiger partial charge in [-0.1, -0.05) is 6.92 Å². The van der Waals surface area contributed by atoms with Crippen molar-refractivity contribution in [3.8, 4) is 5.88 Å². The molecule has 2 rings (SSSR count). The largest absolute Gasteiger partial charge is 0.492 e. The first kappa shape index (κ1) is 7.86. The van der Waals surface area contributed by atoms with E-state index in [1.54, 1.807) is 11.8 Å². The van der Waals surface area contributed by atoms with E-state index in [1.165, 1.54) is 6.33 Å². The highest BCUT2D eigenvalue weighted by molar-refractivity contribution is 8.00. The molecule has 0 aliphatic carbocycles. The normalized spacial score (nSPS) is 20.9. The smallest absolute Gasteiger partial charge is 0.228 e. The molecule has 3 nitrogen and oxygen atoms in total. The molecule has 1 aliphatic heterocycles. The van der Waals surface area contributed by atoms with Gasteiger partial charge in [-0.05, 0) is 6.42 Å². The highest BCUT2D eigenvalue weighted by Crippen LogP contribution is 2.41. The molecule has 1 aromatic heterocycles. The molecular formula is C8H10N2OS. The monoisotopic (exact) mass is 182 g/mol. The lowest BCUT2D eigenvalue weighted by molar-refractivity contribution is 0.436. The first-order chi connectivity index (χ1) is 5.81. The minimum atomic E-state index is 0.140. The van der Waals surface area contributed by atoms with Gasteiger partial charge in [0.25, 0.3) is 0 Å². The fourth-order valence-electron chi connectivity index (χ4n) is 1.32. The van der Waals surface area contributed by atoms with Crippen molar-refractivity contribution < 1.29 is 5.11 Å². The van der Waals surface area contributed by atoms with Gasteiger partial charge in [-0.25, -0.2) is 9.97 Å². The summed E-state index contributed by atoms with van der Waals surface area (Å²) < 4.78 is 0. The van der Waals surface area contributed by atoms with E-state index >= 15 is 0 Å². The Kier molecular flexibility index (Phi) is 1.92. The molecule has 0 bridgehead atoms. The minimum Gasteiger partial charge on any atom is -0.492 e. The zero-order valence-corrected chi connectivity index (χ0v) is 7.64. The zero-order valence-electron chi connectivity index (χ0n) is 6.82. The SMILES string of the molecule is CCC1Cc2ncnc(O)c2S1. The van der Waals surface area contributed by atoms with Crippen molar-refractivity contribution >= 4 is 11.8 Å². The summed E-state index contributed by atoms with van der Waals surface area (Å²) in [6, 6.07) is 0. The maximum atomic E-state index is 9.37. The summed E-state index contributed by atoms with van der Waals surface area (Å²) in [5.74, 6) is 0.140. The van der Waals surface area contributed by atoms with Gasteiger partial charge in [-0.3, -0.25) is 0 Å². The van der Waals surface area contributed by atoms with Crippen LogP contribution in [-0.4, -0.2) is 20.3 Å². The fraction of sp³-hybridized carbons (Fsp3) is 0.500. The lowest BCUT2D eigenvalue weighted by atomic mass is 10.2. The van der Waals surface area contributed by atoms with Crippen molar-refractivity contribution in [3.63, 3.8) is 0 Å². The number of aromatic hydroxyl groups is 1. The molecule has 0 saturated carbocycles. The first-order valence-corrected chi connectivity index (χ1v) is 4.88. The van der Waals surface area contributed by atoms with Crippen LogP contribution in [0.2, 0.25) is 0 Å². The number of rotatable bonds is 1. The highest BCUT2D eigenvalue weighted by atomic mass is 32.2. The fourth-order valence-corrected chi connectivity index (χ4v) is 2.49. The van der Waals surface area contributed by atoms with Gasteiger partial charge in [0.1, 0.15) is 6.33 Å². The van der Waals surface area contributed by atoms with Crippen LogP contribution < -0.4 is 0 Å². The summed E-state index contributed by atoms with van der Waals surface area (Å²) >= 11 is 1.69. The standard InChI is InChI=1S/C8H10N2OS/c1-2-5-3-6-7(12-5)8(11)10-4-9-6/h4-5H,2-3H2,1H3,(H,9,10,11). The summed E-state index contributed by atoms with van der Waals surface area (Å²) in [4.78, 5) is 8.75. The van der Waals surface area contributed by atoms with Crippen LogP contribution in [-0.2, 0) is 6.42 Å². The average molecular weight is 182 g/mol. The maximum Gasteiger partial charge on any atom is 0.228 e. The van der Waals surface area contributed by atoms with Gasteiger partial charge in [0.05, 0.1) is 10.6 Å². The van der Waals surface area contributed by atoms with Crippen LogP contribution in [0.15, 0.2) is 11.2 Å². The number of fused-ring (bicyclic) bond motifs is 1. The van der Waals surface area contributed by atoms with E-state index < -0.39 is 0 Å². The Morgan fingerprint density at radius 1 is 1.67 bits per heavy atom. The van der Waals surface area contributed by atoms with Crippen molar-refractivity contribution in [2.75, 3.05) is 0 Å². The Morgan fingerprint density at radius 3 is 3.17 bits per heavy atom. The lowest BCUT2D eigenvalue weighted by Gasteiger charge is -2.00. The third-order valence-corrected chi connectivity index (χ3v) is 3.51. The van der Waals surface area contributed by atoms with Crippen molar-refractivity contribution in [2.24, 2.45) is 0 Å². The van der Waals surface area contributed by atoms with E-state index in [4.69, 9.17) is 0 Å². The van der Waals surface area contributed by atoms with Crippen molar-refractivity contribution in [2.45, 2.75) is 29.9 Å². The van der Waals surface area contributed by atoms with Crippen molar-refractivity contribution in [1.29, 1.82) is 0 Å². The zero-order chi connectivity index (χ0) is 8.55. The average Bonchev–Trinajstić information content (AvgIpc) is 2.49. The molecule has 0 fully saturated rings. The summed E-state index contributed by atoms with van der Waals surface area (Å²) in [5, 5.41) is 9.94. The van der Waals surface area contributed by atoms with E-state index in [-0.39, 0.29) is 5.88 Å². The van der Waals surface area contributed by atoms with E-state index in [1.807, 2.05) is 0 Å². The van der Waals surface area contributed by atoms with E-state index in [0.717, 1.165) is 23.4 Å². The van der Waals surface area contributed by atoms with Gasteiger partial charge < -0.3 is 5.11 Å². The number of thioether (sulfide) groups is 1. The highest BCUT2D eigenvalue weighted by Gasteiger charge is 2.25. The Labute approximate surface area is 75.2 Å². The molecular weight excluding hydrogens is 172 g/mol. The molecule has 64 valence electrons. The molecule has 0 amide bonds. The first-order valence-electron chi connectivity index (χ1n) is 4.00. The van der Waals surface area contributed by atoms with Gasteiger partial charge in [-0.15, -0.1) is 11.8 Å². The molecule has 1 aliphatic rings. The van der Waals surface area contributed by atoms with Crippen LogP contribution in [0.4, 0.5) is 0 Å². The summed E-state index contributed by atoms with van der Waals surface area (Å²) in [6.07, 6.45) is 3.50. The third-order valence-electron chi connectivity index (χ3n) is 2.02.